The first-order valence-electron chi connectivity index (χ1n) is 6.50. The third-order valence-electron chi connectivity index (χ3n) is 3.23. The maximum atomic E-state index is 12.1. The second kappa shape index (κ2) is 6.68. The van der Waals surface area contributed by atoms with Crippen molar-refractivity contribution in [1.29, 1.82) is 0 Å². The molecule has 0 spiro atoms. The first kappa shape index (κ1) is 14.8. The van der Waals surface area contributed by atoms with Gasteiger partial charge in [-0.05, 0) is 19.2 Å². The van der Waals surface area contributed by atoms with Crippen molar-refractivity contribution in [3.63, 3.8) is 0 Å². The molecule has 1 aromatic heterocycles. The molecule has 2 rings (SSSR count). The average molecular weight is 292 g/mol. The predicted octanol–water partition coefficient (Wildman–Crippen LogP) is 2.78. The maximum Gasteiger partial charge on any atom is 0.165 e. The molecular formula is C15H18ClN3O. The van der Waals surface area contributed by atoms with E-state index in [0.717, 1.165) is 12.4 Å². The summed E-state index contributed by atoms with van der Waals surface area (Å²) < 4.78 is 1.98. The number of imidazole rings is 1. The summed E-state index contributed by atoms with van der Waals surface area (Å²) in [6.45, 7) is 1.40. The average Bonchev–Trinajstić information content (AvgIpc) is 2.82. The van der Waals surface area contributed by atoms with Crippen LogP contribution in [0.25, 0.3) is 0 Å². The number of aromatic nitrogens is 2. The molecule has 1 aromatic carbocycles. The summed E-state index contributed by atoms with van der Waals surface area (Å²) in [6.07, 6.45) is 4.14. The molecule has 5 heteroatoms. The Bertz CT molecular complexity index is 594. The van der Waals surface area contributed by atoms with Crippen molar-refractivity contribution in [3.8, 4) is 0 Å². The zero-order valence-electron chi connectivity index (χ0n) is 11.7. The summed E-state index contributed by atoms with van der Waals surface area (Å²) in [5.74, 6) is 1.06. The third-order valence-corrected chi connectivity index (χ3v) is 3.56. The number of carbonyl (C=O) groups is 1. The van der Waals surface area contributed by atoms with Gasteiger partial charge in [-0.25, -0.2) is 4.98 Å². The Morgan fingerprint density at radius 2 is 2.15 bits per heavy atom. The summed E-state index contributed by atoms with van der Waals surface area (Å²) in [7, 11) is 3.94. The number of Topliss-reactive ketones (excluding diaryl/α,β-unsaturated/α-hetero) is 1. The Labute approximate surface area is 124 Å². The molecule has 0 radical (unpaired) electrons. The van der Waals surface area contributed by atoms with E-state index >= 15 is 0 Å². The number of aryl methyl sites for hydroxylation is 1. The molecule has 0 bridgehead atoms. The number of hydrogen-bond donors (Lipinski definition) is 0. The lowest BCUT2D eigenvalue weighted by Crippen LogP contribution is -2.23. The smallest absolute Gasteiger partial charge is 0.165 e. The largest absolute Gasteiger partial charge is 0.337 e. The number of hydrogen-bond acceptors (Lipinski definition) is 3. The van der Waals surface area contributed by atoms with Gasteiger partial charge >= 0.3 is 0 Å². The third kappa shape index (κ3) is 3.68. The van der Waals surface area contributed by atoms with Crippen LogP contribution in [0.15, 0.2) is 36.7 Å². The minimum absolute atomic E-state index is 0.0716. The number of rotatable bonds is 6. The molecule has 0 unspecified atom stereocenters. The molecular weight excluding hydrogens is 274 g/mol. The summed E-state index contributed by atoms with van der Waals surface area (Å²) in [5, 5.41) is 0.518. The summed E-state index contributed by atoms with van der Waals surface area (Å²) in [4.78, 5) is 18.5. The highest BCUT2D eigenvalue weighted by atomic mass is 35.5. The number of halogens is 1. The van der Waals surface area contributed by atoms with Crippen molar-refractivity contribution >= 4 is 17.4 Å². The van der Waals surface area contributed by atoms with Gasteiger partial charge in [0.05, 0.1) is 11.6 Å². The van der Waals surface area contributed by atoms with Crippen LogP contribution in [-0.4, -0.2) is 33.8 Å². The topological polar surface area (TPSA) is 38.1 Å². The Morgan fingerprint density at radius 1 is 1.40 bits per heavy atom. The molecule has 0 aliphatic carbocycles. The highest BCUT2D eigenvalue weighted by Crippen LogP contribution is 2.16. The zero-order valence-corrected chi connectivity index (χ0v) is 12.5. The van der Waals surface area contributed by atoms with Gasteiger partial charge < -0.3 is 4.57 Å². The molecule has 0 saturated heterocycles. The monoisotopic (exact) mass is 291 g/mol. The summed E-state index contributed by atoms with van der Waals surface area (Å²) >= 11 is 6.02. The van der Waals surface area contributed by atoms with Gasteiger partial charge in [-0.15, -0.1) is 0 Å². The van der Waals surface area contributed by atoms with Crippen molar-refractivity contribution in [2.75, 3.05) is 13.6 Å². The van der Waals surface area contributed by atoms with Gasteiger partial charge in [0.1, 0.15) is 5.82 Å². The van der Waals surface area contributed by atoms with Crippen molar-refractivity contribution in [3.05, 3.63) is 53.1 Å². The van der Waals surface area contributed by atoms with Crippen LogP contribution < -0.4 is 0 Å². The van der Waals surface area contributed by atoms with Crippen LogP contribution in [0, 0.1) is 0 Å². The van der Waals surface area contributed by atoms with Gasteiger partial charge in [0.25, 0.3) is 0 Å². The van der Waals surface area contributed by atoms with E-state index in [-0.39, 0.29) is 5.78 Å². The van der Waals surface area contributed by atoms with Crippen molar-refractivity contribution < 1.29 is 4.79 Å². The van der Waals surface area contributed by atoms with Crippen LogP contribution in [0.1, 0.15) is 22.6 Å². The maximum absolute atomic E-state index is 12.1. The molecule has 20 heavy (non-hydrogen) atoms. The molecule has 0 amide bonds. The molecule has 0 atom stereocenters. The number of nitrogens with zero attached hydrogens (tertiary/aromatic N) is 3. The van der Waals surface area contributed by atoms with Gasteiger partial charge in [-0.1, -0.05) is 23.7 Å². The highest BCUT2D eigenvalue weighted by Gasteiger charge is 2.11. The molecule has 4 nitrogen and oxygen atoms in total. The van der Waals surface area contributed by atoms with Crippen LogP contribution in [0.3, 0.4) is 0 Å². The van der Waals surface area contributed by atoms with Crippen LogP contribution in [0.5, 0.6) is 0 Å². The van der Waals surface area contributed by atoms with E-state index in [4.69, 9.17) is 11.6 Å². The summed E-state index contributed by atoms with van der Waals surface area (Å²) in [6, 6.07) is 7.17. The fourth-order valence-electron chi connectivity index (χ4n) is 1.98. The van der Waals surface area contributed by atoms with Gasteiger partial charge in [-0.3, -0.25) is 9.69 Å². The molecule has 0 fully saturated rings. The lowest BCUT2D eigenvalue weighted by Gasteiger charge is -2.15. The SMILES string of the molecule is CN(CCC(=O)c1ccccc1Cl)Cc1nccn1C. The second-order valence-corrected chi connectivity index (χ2v) is 5.25. The van der Waals surface area contributed by atoms with E-state index in [1.807, 2.05) is 37.0 Å². The van der Waals surface area contributed by atoms with Crippen LogP contribution in [-0.2, 0) is 13.6 Å². The summed E-state index contributed by atoms with van der Waals surface area (Å²) in [5.41, 5.74) is 0.597. The fourth-order valence-corrected chi connectivity index (χ4v) is 2.22. The molecule has 106 valence electrons. The van der Waals surface area contributed by atoms with Gasteiger partial charge in [0.15, 0.2) is 5.78 Å². The van der Waals surface area contributed by atoms with E-state index in [2.05, 4.69) is 9.88 Å². The van der Waals surface area contributed by atoms with Crippen LogP contribution in [0.2, 0.25) is 5.02 Å². The predicted molar refractivity (Wildman–Crippen MR) is 79.9 cm³/mol. The zero-order chi connectivity index (χ0) is 14.5. The Hall–Kier alpha value is -1.65. The van der Waals surface area contributed by atoms with Crippen LogP contribution in [0.4, 0.5) is 0 Å². The highest BCUT2D eigenvalue weighted by molar-refractivity contribution is 6.33. The molecule has 0 aliphatic rings. The second-order valence-electron chi connectivity index (χ2n) is 4.85. The first-order valence-corrected chi connectivity index (χ1v) is 6.88. The number of carbonyl (C=O) groups excluding carboxylic acids is 1. The quantitative estimate of drug-likeness (QED) is 0.768. The van der Waals surface area contributed by atoms with Gasteiger partial charge in [-0.2, -0.15) is 0 Å². The van der Waals surface area contributed by atoms with Crippen molar-refractivity contribution in [2.45, 2.75) is 13.0 Å². The number of benzene rings is 1. The number of ketones is 1. The van der Waals surface area contributed by atoms with E-state index in [9.17, 15) is 4.79 Å². The lowest BCUT2D eigenvalue weighted by molar-refractivity contribution is 0.0967. The van der Waals surface area contributed by atoms with Crippen molar-refractivity contribution in [1.82, 2.24) is 14.5 Å². The van der Waals surface area contributed by atoms with E-state index in [1.54, 1.807) is 18.3 Å². The molecule has 0 aliphatic heterocycles. The minimum atomic E-state index is 0.0716. The minimum Gasteiger partial charge on any atom is -0.337 e. The standard InChI is InChI=1S/C15H18ClN3O/c1-18(11-15-17-8-10-19(15)2)9-7-14(20)12-5-3-4-6-13(12)16/h3-6,8,10H,7,9,11H2,1-2H3. The molecule has 0 saturated carbocycles. The van der Waals surface area contributed by atoms with Crippen molar-refractivity contribution in [2.24, 2.45) is 7.05 Å². The Balaban J connectivity index is 1.87. The van der Waals surface area contributed by atoms with E-state index in [0.29, 0.717) is 23.6 Å². The van der Waals surface area contributed by atoms with Crippen LogP contribution >= 0.6 is 11.6 Å². The van der Waals surface area contributed by atoms with E-state index < -0.39 is 0 Å². The molecule has 0 N–H and O–H groups in total. The Kier molecular flexibility index (Phi) is 4.93. The Morgan fingerprint density at radius 3 is 2.80 bits per heavy atom. The molecule has 1 heterocycles. The molecule has 2 aromatic rings. The van der Waals surface area contributed by atoms with E-state index in [1.165, 1.54) is 0 Å². The fraction of sp³-hybridized carbons (Fsp3) is 0.333. The van der Waals surface area contributed by atoms with Gasteiger partial charge in [0.2, 0.25) is 0 Å². The lowest BCUT2D eigenvalue weighted by atomic mass is 10.1. The normalized spacial score (nSPS) is 11.0. The first-order chi connectivity index (χ1) is 9.58. The van der Waals surface area contributed by atoms with Gasteiger partial charge in [0, 0.05) is 38.0 Å².